The number of carboxylic acid groups (broad SMARTS) is 1. The maximum Gasteiger partial charge on any atom is 0.355 e. The van der Waals surface area contributed by atoms with E-state index in [1.165, 1.54) is 16.7 Å². The van der Waals surface area contributed by atoms with Gasteiger partial charge in [-0.25, -0.2) is 9.78 Å². The second kappa shape index (κ2) is 9.02. The van der Waals surface area contributed by atoms with Gasteiger partial charge in [-0.05, 0) is 30.5 Å². The van der Waals surface area contributed by atoms with Gasteiger partial charge >= 0.3 is 5.97 Å². The van der Waals surface area contributed by atoms with Gasteiger partial charge in [0.15, 0.2) is 5.69 Å². The first kappa shape index (κ1) is 17.9. The van der Waals surface area contributed by atoms with Crippen molar-refractivity contribution in [3.8, 4) is 5.75 Å². The van der Waals surface area contributed by atoms with E-state index in [9.17, 15) is 9.59 Å². The highest BCUT2D eigenvalue weighted by Gasteiger charge is 2.09. The molecule has 24 heavy (non-hydrogen) atoms. The fourth-order valence-corrected chi connectivity index (χ4v) is 2.69. The van der Waals surface area contributed by atoms with Gasteiger partial charge in [-0.2, -0.15) is 0 Å². The van der Waals surface area contributed by atoms with Gasteiger partial charge in [0.1, 0.15) is 10.8 Å². The monoisotopic (exact) mass is 348 g/mol. The van der Waals surface area contributed by atoms with Crippen molar-refractivity contribution in [2.24, 2.45) is 0 Å². The molecule has 6 nitrogen and oxygen atoms in total. The Labute approximate surface area is 144 Å². The second-order valence-electron chi connectivity index (χ2n) is 5.20. The van der Waals surface area contributed by atoms with E-state index in [2.05, 4.69) is 17.2 Å². The largest absolute Gasteiger partial charge is 0.494 e. The zero-order valence-electron chi connectivity index (χ0n) is 13.4. The lowest BCUT2D eigenvalue weighted by molar-refractivity contribution is -0.121. The molecule has 1 heterocycles. The SMILES string of the molecule is CCCOc1ccc(CCC(=O)NCc2nc(C(=O)O)cs2)cc1. The maximum absolute atomic E-state index is 11.9. The number of carbonyl (C=O) groups is 2. The number of aromatic nitrogens is 1. The maximum atomic E-state index is 11.9. The van der Waals surface area contributed by atoms with E-state index in [4.69, 9.17) is 9.84 Å². The third-order valence-electron chi connectivity index (χ3n) is 3.24. The minimum absolute atomic E-state index is 0.00892. The van der Waals surface area contributed by atoms with Crippen molar-refractivity contribution in [2.75, 3.05) is 6.61 Å². The third-order valence-corrected chi connectivity index (χ3v) is 4.09. The van der Waals surface area contributed by atoms with Gasteiger partial charge in [0, 0.05) is 11.8 Å². The van der Waals surface area contributed by atoms with E-state index in [1.807, 2.05) is 24.3 Å². The van der Waals surface area contributed by atoms with E-state index >= 15 is 0 Å². The van der Waals surface area contributed by atoms with E-state index in [1.54, 1.807) is 0 Å². The molecule has 0 aliphatic heterocycles. The van der Waals surface area contributed by atoms with Crippen molar-refractivity contribution in [1.29, 1.82) is 0 Å². The number of amides is 1. The number of ether oxygens (including phenoxy) is 1. The first-order valence-corrected chi connectivity index (χ1v) is 8.62. The molecule has 1 aromatic heterocycles. The van der Waals surface area contributed by atoms with Gasteiger partial charge in [-0.1, -0.05) is 19.1 Å². The molecule has 2 N–H and O–H groups in total. The molecule has 0 aliphatic carbocycles. The predicted molar refractivity (Wildman–Crippen MR) is 91.5 cm³/mol. The van der Waals surface area contributed by atoms with Gasteiger partial charge in [-0.3, -0.25) is 4.79 Å². The molecule has 0 saturated heterocycles. The smallest absolute Gasteiger partial charge is 0.355 e. The van der Waals surface area contributed by atoms with Gasteiger partial charge in [0.05, 0.1) is 13.2 Å². The lowest BCUT2D eigenvalue weighted by atomic mass is 10.1. The molecule has 0 bridgehead atoms. The van der Waals surface area contributed by atoms with Crippen molar-refractivity contribution in [3.05, 3.63) is 45.9 Å². The number of hydrogen-bond acceptors (Lipinski definition) is 5. The molecule has 0 saturated carbocycles. The topological polar surface area (TPSA) is 88.5 Å². The van der Waals surface area contributed by atoms with Gasteiger partial charge < -0.3 is 15.2 Å². The molecule has 7 heteroatoms. The molecule has 0 aliphatic rings. The number of nitrogens with one attached hydrogen (secondary N) is 1. The number of carboxylic acids is 1. The summed E-state index contributed by atoms with van der Waals surface area (Å²) in [5.41, 5.74) is 1.08. The van der Waals surface area contributed by atoms with Crippen LogP contribution in [0.25, 0.3) is 0 Å². The average Bonchev–Trinajstić information content (AvgIpc) is 3.06. The highest BCUT2D eigenvalue weighted by Crippen LogP contribution is 2.14. The molecule has 0 spiro atoms. The quantitative estimate of drug-likeness (QED) is 0.727. The number of nitrogens with zero attached hydrogens (tertiary/aromatic N) is 1. The first-order chi connectivity index (χ1) is 11.6. The van der Waals surface area contributed by atoms with Crippen LogP contribution >= 0.6 is 11.3 Å². The van der Waals surface area contributed by atoms with Crippen LogP contribution in [-0.2, 0) is 17.8 Å². The molecule has 1 amide bonds. The van der Waals surface area contributed by atoms with Crippen molar-refractivity contribution in [2.45, 2.75) is 32.7 Å². The zero-order chi connectivity index (χ0) is 17.4. The van der Waals surface area contributed by atoms with E-state index < -0.39 is 5.97 Å². The average molecular weight is 348 g/mol. The van der Waals surface area contributed by atoms with Crippen molar-refractivity contribution < 1.29 is 19.4 Å². The van der Waals surface area contributed by atoms with Crippen LogP contribution in [0.2, 0.25) is 0 Å². The number of carbonyl (C=O) groups excluding carboxylic acids is 1. The summed E-state index contributed by atoms with van der Waals surface area (Å²) >= 11 is 1.22. The molecule has 1 aromatic carbocycles. The summed E-state index contributed by atoms with van der Waals surface area (Å²) < 4.78 is 5.52. The predicted octanol–water partition coefficient (Wildman–Crippen LogP) is 2.88. The number of aryl methyl sites for hydroxylation is 1. The minimum Gasteiger partial charge on any atom is -0.494 e. The molecule has 0 unspecified atom stereocenters. The third kappa shape index (κ3) is 5.66. The Hall–Kier alpha value is -2.41. The molecule has 128 valence electrons. The first-order valence-electron chi connectivity index (χ1n) is 7.74. The van der Waals surface area contributed by atoms with Crippen molar-refractivity contribution >= 4 is 23.2 Å². The minimum atomic E-state index is -1.06. The lowest BCUT2D eigenvalue weighted by Gasteiger charge is -2.06. The molecular weight excluding hydrogens is 328 g/mol. The van der Waals surface area contributed by atoms with Crippen LogP contribution in [0.15, 0.2) is 29.6 Å². The van der Waals surface area contributed by atoms with E-state index in [0.717, 1.165) is 17.7 Å². The van der Waals surface area contributed by atoms with Crippen LogP contribution in [0.1, 0.15) is 40.8 Å². The Kier molecular flexibility index (Phi) is 6.74. The molecule has 0 radical (unpaired) electrons. The van der Waals surface area contributed by atoms with Crippen molar-refractivity contribution in [3.63, 3.8) is 0 Å². The Morgan fingerprint density at radius 1 is 1.29 bits per heavy atom. The molecular formula is C17H20N2O4S. The summed E-state index contributed by atoms with van der Waals surface area (Å²) in [6, 6.07) is 7.73. The van der Waals surface area contributed by atoms with Gasteiger partial charge in [0.25, 0.3) is 0 Å². The Morgan fingerprint density at radius 3 is 2.67 bits per heavy atom. The number of benzene rings is 1. The standard InChI is InChI=1S/C17H20N2O4S/c1-2-9-23-13-6-3-12(4-7-13)5-8-15(20)18-10-16-19-14(11-24-16)17(21)22/h3-4,6-7,11H,2,5,8-10H2,1H3,(H,18,20)(H,21,22). The van der Waals surface area contributed by atoms with Crippen molar-refractivity contribution in [1.82, 2.24) is 10.3 Å². The number of thiazole rings is 1. The normalized spacial score (nSPS) is 10.4. The molecule has 2 rings (SSSR count). The summed E-state index contributed by atoms with van der Waals surface area (Å²) in [6.45, 7) is 3.00. The van der Waals surface area contributed by atoms with Crippen LogP contribution in [0.4, 0.5) is 0 Å². The Balaban J connectivity index is 1.73. The van der Waals surface area contributed by atoms with Crippen LogP contribution in [0.5, 0.6) is 5.75 Å². The molecule has 0 atom stereocenters. The Bertz CT molecular complexity index is 682. The summed E-state index contributed by atoms with van der Waals surface area (Å²) in [6.07, 6.45) is 1.97. The second-order valence-corrected chi connectivity index (χ2v) is 6.14. The number of aromatic carboxylic acids is 1. The van der Waals surface area contributed by atoms with E-state index in [-0.39, 0.29) is 18.1 Å². The number of rotatable bonds is 9. The Morgan fingerprint density at radius 2 is 2.04 bits per heavy atom. The van der Waals surface area contributed by atoms with E-state index in [0.29, 0.717) is 24.5 Å². The molecule has 2 aromatic rings. The van der Waals surface area contributed by atoms with Crippen LogP contribution in [-0.4, -0.2) is 28.6 Å². The fourth-order valence-electron chi connectivity index (χ4n) is 1.98. The highest BCUT2D eigenvalue weighted by molar-refractivity contribution is 7.09. The fraction of sp³-hybridized carbons (Fsp3) is 0.353. The zero-order valence-corrected chi connectivity index (χ0v) is 14.3. The summed E-state index contributed by atoms with van der Waals surface area (Å²) in [7, 11) is 0. The summed E-state index contributed by atoms with van der Waals surface area (Å²) in [5, 5.41) is 13.6. The summed E-state index contributed by atoms with van der Waals surface area (Å²) in [4.78, 5) is 26.5. The molecule has 0 fully saturated rings. The highest BCUT2D eigenvalue weighted by atomic mass is 32.1. The lowest BCUT2D eigenvalue weighted by Crippen LogP contribution is -2.23. The van der Waals surface area contributed by atoms with Crippen LogP contribution < -0.4 is 10.1 Å². The van der Waals surface area contributed by atoms with Gasteiger partial charge in [-0.15, -0.1) is 11.3 Å². The van der Waals surface area contributed by atoms with Crippen LogP contribution in [0.3, 0.4) is 0 Å². The summed E-state index contributed by atoms with van der Waals surface area (Å²) in [5.74, 6) is -0.313. The van der Waals surface area contributed by atoms with Crippen LogP contribution in [0, 0.1) is 0 Å². The van der Waals surface area contributed by atoms with Gasteiger partial charge in [0.2, 0.25) is 5.91 Å². The number of hydrogen-bond donors (Lipinski definition) is 2.